The second kappa shape index (κ2) is 16.3. The standard InChI is InChI=1S/C67H43N3OS/c1-3-17-42(18-4-1)65-68-66(43-19-5-2-6-20-43)70-67(69-65)49-32-34-52-56(38-49)61(48-30-28-41-16-8-10-22-45(41)36-48)51-33-31-46(37-55(51)60(52)47-29-27-40-15-7-9-21-44(40)35-47)54-39-57-50-23-11-13-25-58(50)71-63(57)62-53-24-12-14-26-59(53)72-64(54)62/h1,3-5,7-39,66H,2,6H2,(H,68,69,70). The highest BCUT2D eigenvalue weighted by atomic mass is 32.1. The Hall–Kier alpha value is -8.90. The van der Waals surface area contributed by atoms with Gasteiger partial charge in [-0.15, -0.1) is 11.3 Å². The van der Waals surface area contributed by atoms with Crippen molar-refractivity contribution in [3.8, 4) is 33.4 Å². The van der Waals surface area contributed by atoms with Crippen LogP contribution >= 0.6 is 11.3 Å². The Balaban J connectivity index is 1.04. The molecule has 0 amide bonds. The highest BCUT2D eigenvalue weighted by Crippen LogP contribution is 2.50. The van der Waals surface area contributed by atoms with Crippen LogP contribution in [0.25, 0.3) is 119 Å². The van der Waals surface area contributed by atoms with Gasteiger partial charge in [0, 0.05) is 47.6 Å². The maximum atomic E-state index is 6.75. The first-order valence-electron chi connectivity index (χ1n) is 24.8. The van der Waals surface area contributed by atoms with Crippen molar-refractivity contribution >= 4 is 108 Å². The third kappa shape index (κ3) is 6.58. The maximum Gasteiger partial charge on any atom is 0.159 e. The highest BCUT2D eigenvalue weighted by Gasteiger charge is 2.26. The lowest BCUT2D eigenvalue weighted by atomic mass is 9.83. The van der Waals surface area contributed by atoms with Gasteiger partial charge in [0.15, 0.2) is 5.84 Å². The predicted octanol–water partition coefficient (Wildman–Crippen LogP) is 18.0. The Kier molecular flexibility index (Phi) is 9.29. The molecule has 338 valence electrons. The Labute approximate surface area is 419 Å². The highest BCUT2D eigenvalue weighted by molar-refractivity contribution is 7.26. The van der Waals surface area contributed by atoms with Crippen LogP contribution in [-0.4, -0.2) is 17.8 Å². The lowest BCUT2D eigenvalue weighted by molar-refractivity contribution is 0.673. The van der Waals surface area contributed by atoms with E-state index >= 15 is 0 Å². The van der Waals surface area contributed by atoms with Crippen molar-refractivity contribution in [3.63, 3.8) is 0 Å². The number of fused-ring (bicyclic) bond motifs is 11. The van der Waals surface area contributed by atoms with E-state index in [0.29, 0.717) is 0 Å². The zero-order valence-corrected chi connectivity index (χ0v) is 39.9. The normalized spacial score (nSPS) is 15.0. The molecule has 13 aromatic rings. The van der Waals surface area contributed by atoms with Gasteiger partial charge in [0.25, 0.3) is 0 Å². The van der Waals surface area contributed by atoms with Crippen molar-refractivity contribution in [1.29, 1.82) is 0 Å². The summed E-state index contributed by atoms with van der Waals surface area (Å²) in [6, 6.07) is 75.4. The zero-order chi connectivity index (χ0) is 47.3. The first-order valence-corrected chi connectivity index (χ1v) is 25.6. The molecular formula is C67H43N3OS. The van der Waals surface area contributed by atoms with Gasteiger partial charge in [-0.05, 0) is 132 Å². The van der Waals surface area contributed by atoms with Gasteiger partial charge < -0.3 is 9.73 Å². The van der Waals surface area contributed by atoms with E-state index in [1.54, 1.807) is 0 Å². The number of amidine groups is 2. The fourth-order valence-corrected chi connectivity index (χ4v) is 12.7. The van der Waals surface area contributed by atoms with E-state index in [9.17, 15) is 0 Å². The second-order valence-electron chi connectivity index (χ2n) is 19.1. The van der Waals surface area contributed by atoms with E-state index in [0.717, 1.165) is 74.1 Å². The molecule has 0 fully saturated rings. The minimum atomic E-state index is -0.269. The van der Waals surface area contributed by atoms with Gasteiger partial charge in [0.1, 0.15) is 23.2 Å². The molecule has 0 saturated carbocycles. The largest absolute Gasteiger partial charge is 0.455 e. The van der Waals surface area contributed by atoms with Crippen molar-refractivity contribution in [2.24, 2.45) is 9.98 Å². The van der Waals surface area contributed by atoms with Crippen molar-refractivity contribution in [2.75, 3.05) is 0 Å². The summed E-state index contributed by atoms with van der Waals surface area (Å²) in [5.41, 5.74) is 12.1. The first kappa shape index (κ1) is 40.9. The predicted molar refractivity (Wildman–Crippen MR) is 306 cm³/mol. The summed E-state index contributed by atoms with van der Waals surface area (Å²) < 4.78 is 9.22. The molecular weight excluding hydrogens is 895 g/mol. The van der Waals surface area contributed by atoms with Gasteiger partial charge >= 0.3 is 0 Å². The van der Waals surface area contributed by atoms with E-state index < -0.39 is 0 Å². The Morgan fingerprint density at radius 2 is 1.10 bits per heavy atom. The molecule has 2 aliphatic rings. The summed E-state index contributed by atoms with van der Waals surface area (Å²) in [5, 5.41) is 18.0. The van der Waals surface area contributed by atoms with Crippen LogP contribution in [0.3, 0.4) is 0 Å². The van der Waals surface area contributed by atoms with Crippen LogP contribution in [0.4, 0.5) is 0 Å². The van der Waals surface area contributed by atoms with E-state index in [1.807, 2.05) is 17.4 Å². The summed E-state index contributed by atoms with van der Waals surface area (Å²) in [4.78, 5) is 10.5. The second-order valence-corrected chi connectivity index (χ2v) is 20.2. The number of hydrogen-bond donors (Lipinski definition) is 1. The van der Waals surface area contributed by atoms with Gasteiger partial charge in [-0.25, -0.2) is 9.98 Å². The molecule has 1 aliphatic carbocycles. The topological polar surface area (TPSA) is 49.9 Å². The first-order chi connectivity index (χ1) is 35.7. The number of nitrogens with one attached hydrogen (secondary N) is 1. The van der Waals surface area contributed by atoms with E-state index in [4.69, 9.17) is 14.4 Å². The molecule has 72 heavy (non-hydrogen) atoms. The molecule has 1 N–H and O–H groups in total. The molecule has 2 aromatic heterocycles. The molecule has 3 heterocycles. The summed E-state index contributed by atoms with van der Waals surface area (Å²) in [5.74, 6) is 1.53. The van der Waals surface area contributed by atoms with Gasteiger partial charge in [0.05, 0.1) is 0 Å². The van der Waals surface area contributed by atoms with Gasteiger partial charge in [-0.3, -0.25) is 0 Å². The molecule has 0 spiro atoms. The minimum Gasteiger partial charge on any atom is -0.455 e. The van der Waals surface area contributed by atoms with E-state index in [2.05, 4.69) is 224 Å². The number of aliphatic imine (C=N–C) groups is 2. The maximum absolute atomic E-state index is 6.75. The minimum absolute atomic E-state index is 0.269. The van der Waals surface area contributed by atoms with Crippen molar-refractivity contribution in [1.82, 2.24) is 5.32 Å². The summed E-state index contributed by atoms with van der Waals surface area (Å²) in [6.07, 6.45) is 8.53. The third-order valence-electron chi connectivity index (χ3n) is 14.9. The molecule has 11 aromatic carbocycles. The molecule has 1 aliphatic heterocycles. The number of allylic oxidation sites excluding steroid dienone is 2. The van der Waals surface area contributed by atoms with E-state index in [-0.39, 0.29) is 6.17 Å². The lowest BCUT2D eigenvalue weighted by Crippen LogP contribution is -2.40. The number of furan rings is 1. The van der Waals surface area contributed by atoms with Crippen LogP contribution in [0.1, 0.15) is 24.0 Å². The van der Waals surface area contributed by atoms with Crippen LogP contribution < -0.4 is 5.32 Å². The molecule has 1 atom stereocenters. The molecule has 0 bridgehead atoms. The van der Waals surface area contributed by atoms with Crippen LogP contribution in [0.5, 0.6) is 0 Å². The summed E-state index contributed by atoms with van der Waals surface area (Å²) >= 11 is 1.85. The third-order valence-corrected chi connectivity index (χ3v) is 16.1. The molecule has 5 heteroatoms. The molecule has 4 nitrogen and oxygen atoms in total. The van der Waals surface area contributed by atoms with Gasteiger partial charge in [-0.2, -0.15) is 0 Å². The summed E-state index contributed by atoms with van der Waals surface area (Å²) in [7, 11) is 0. The average Bonchev–Trinajstić information content (AvgIpc) is 4.03. The fourth-order valence-electron chi connectivity index (χ4n) is 11.5. The number of para-hydroxylation sites is 1. The SMILES string of the molecule is C1=CC(C2N=C(c3ccccc3)N=C(c3ccc4c(-c5ccc6ccccc6c5)c5cc(-c6cc7c8ccccc8oc7c7c6sc6ccccc67)ccc5c(-c5ccc6ccccc6c5)c4c3)N2)=CCC1. The van der Waals surface area contributed by atoms with E-state index in [1.165, 1.54) is 85.7 Å². The van der Waals surface area contributed by atoms with Gasteiger partial charge in [-0.1, -0.05) is 182 Å². The average molecular weight is 938 g/mol. The Bertz CT molecular complexity index is 4550. The van der Waals surface area contributed by atoms with Crippen molar-refractivity contribution < 1.29 is 4.42 Å². The Morgan fingerprint density at radius 1 is 0.472 bits per heavy atom. The van der Waals surface area contributed by atoms with Crippen LogP contribution in [0.2, 0.25) is 0 Å². The summed E-state index contributed by atoms with van der Waals surface area (Å²) in [6.45, 7) is 0. The number of thiophene rings is 1. The van der Waals surface area contributed by atoms with Gasteiger partial charge in [0.2, 0.25) is 0 Å². The Morgan fingerprint density at radius 3 is 1.82 bits per heavy atom. The zero-order valence-electron chi connectivity index (χ0n) is 39.1. The number of benzene rings is 11. The monoisotopic (exact) mass is 937 g/mol. The lowest BCUT2D eigenvalue weighted by Gasteiger charge is -2.26. The quantitative estimate of drug-likeness (QED) is 0.169. The van der Waals surface area contributed by atoms with Crippen molar-refractivity contribution in [2.45, 2.75) is 19.0 Å². The van der Waals surface area contributed by atoms with Crippen LogP contribution in [0.15, 0.2) is 244 Å². The van der Waals surface area contributed by atoms with Crippen LogP contribution in [-0.2, 0) is 0 Å². The molecule has 0 saturated heterocycles. The van der Waals surface area contributed by atoms with Crippen LogP contribution in [0, 0.1) is 0 Å². The number of nitrogens with zero attached hydrogens (tertiary/aromatic N) is 2. The molecule has 15 rings (SSSR count). The molecule has 1 unspecified atom stereocenters. The molecule has 0 radical (unpaired) electrons. The number of hydrogen-bond acceptors (Lipinski definition) is 5. The number of rotatable bonds is 6. The smallest absolute Gasteiger partial charge is 0.159 e. The fraction of sp³-hybridized carbons (Fsp3) is 0.0448. The van der Waals surface area contributed by atoms with Crippen molar-refractivity contribution in [3.05, 3.63) is 241 Å².